The second kappa shape index (κ2) is 6.51. The van der Waals surface area contributed by atoms with Gasteiger partial charge in [-0.05, 0) is 18.4 Å². The Morgan fingerprint density at radius 2 is 1.88 bits per heavy atom. The first-order valence-electron chi connectivity index (χ1n) is 7.89. The third kappa shape index (κ3) is 2.65. The third-order valence-corrected chi connectivity index (χ3v) is 5.90. The first kappa shape index (κ1) is 16.7. The Hall–Kier alpha value is -2.77. The Balaban J connectivity index is 1.92. The lowest BCUT2D eigenvalue weighted by Gasteiger charge is -2.21. The summed E-state index contributed by atoms with van der Waals surface area (Å²) >= 11 is 2.71. The number of nitrogens with zero attached hydrogens (tertiary/aromatic N) is 2. The molecule has 0 radical (unpaired) electrons. The fourth-order valence-electron chi connectivity index (χ4n) is 2.95. The van der Waals surface area contributed by atoms with Gasteiger partial charge in [-0.25, -0.2) is 4.98 Å². The summed E-state index contributed by atoms with van der Waals surface area (Å²) in [6.07, 6.45) is 1.59. The third-order valence-electron chi connectivity index (χ3n) is 4.21. The second-order valence-corrected chi connectivity index (χ2v) is 7.72. The van der Waals surface area contributed by atoms with Gasteiger partial charge < -0.3 is 5.11 Å². The summed E-state index contributed by atoms with van der Waals surface area (Å²) in [5.41, 5.74) is 1.64. The number of hydrogen-bond donors (Lipinski definition) is 1. The number of hydrogen-bond acceptors (Lipinski definition) is 6. The van der Waals surface area contributed by atoms with E-state index in [1.807, 2.05) is 36.6 Å². The fraction of sp³-hybridized carbons (Fsp3) is 0.105. The molecule has 1 aliphatic rings. The Bertz CT molecular complexity index is 990. The van der Waals surface area contributed by atoms with Crippen molar-refractivity contribution in [1.29, 1.82) is 0 Å². The molecule has 1 aliphatic heterocycles. The Morgan fingerprint density at radius 1 is 1.12 bits per heavy atom. The Morgan fingerprint density at radius 3 is 2.50 bits per heavy atom. The van der Waals surface area contributed by atoms with E-state index >= 15 is 0 Å². The summed E-state index contributed by atoms with van der Waals surface area (Å²) in [6, 6.07) is 10.2. The van der Waals surface area contributed by atoms with E-state index in [0.717, 1.165) is 10.4 Å². The van der Waals surface area contributed by atoms with Crippen LogP contribution in [0.2, 0.25) is 0 Å². The molecule has 7 heteroatoms. The molecule has 130 valence electrons. The van der Waals surface area contributed by atoms with E-state index in [9.17, 15) is 14.7 Å². The van der Waals surface area contributed by atoms with E-state index in [2.05, 4.69) is 4.98 Å². The van der Waals surface area contributed by atoms with Gasteiger partial charge in [-0.15, -0.1) is 22.7 Å². The number of amides is 1. The zero-order chi connectivity index (χ0) is 18.3. The van der Waals surface area contributed by atoms with Gasteiger partial charge >= 0.3 is 5.91 Å². The van der Waals surface area contributed by atoms with E-state index in [4.69, 9.17) is 0 Å². The standard InChI is InChI=1S/C19H14N2O3S2/c1-11-4-6-12(7-5-11)16(22)14-15(13-3-2-9-25-13)21(18(24)17(14)23)19-20-8-10-26-19/h2-10,15,22H,1H3/b16-14+/t15-/m0/s1. The van der Waals surface area contributed by atoms with Crippen LogP contribution in [0, 0.1) is 6.92 Å². The van der Waals surface area contributed by atoms with Crippen molar-refractivity contribution in [3.63, 3.8) is 0 Å². The van der Waals surface area contributed by atoms with E-state index in [1.54, 1.807) is 23.7 Å². The van der Waals surface area contributed by atoms with Crippen LogP contribution >= 0.6 is 22.7 Å². The van der Waals surface area contributed by atoms with Crippen LogP contribution in [-0.2, 0) is 9.59 Å². The molecule has 0 aliphatic carbocycles. The van der Waals surface area contributed by atoms with Crippen molar-refractivity contribution in [2.75, 3.05) is 4.90 Å². The first-order valence-corrected chi connectivity index (χ1v) is 9.65. The summed E-state index contributed by atoms with van der Waals surface area (Å²) < 4.78 is 0. The number of rotatable bonds is 3. The molecule has 1 aromatic carbocycles. The van der Waals surface area contributed by atoms with Crippen molar-refractivity contribution >= 4 is 45.3 Å². The molecule has 0 unspecified atom stereocenters. The first-order chi connectivity index (χ1) is 12.6. The molecule has 5 nitrogen and oxygen atoms in total. The largest absolute Gasteiger partial charge is 0.507 e. The second-order valence-electron chi connectivity index (χ2n) is 5.87. The van der Waals surface area contributed by atoms with Crippen LogP contribution in [0.15, 0.2) is 58.9 Å². The topological polar surface area (TPSA) is 70.5 Å². The van der Waals surface area contributed by atoms with Crippen LogP contribution in [0.3, 0.4) is 0 Å². The molecule has 0 saturated carbocycles. The molecule has 1 atom stereocenters. The lowest BCUT2D eigenvalue weighted by molar-refractivity contribution is -0.132. The molecule has 1 amide bonds. The number of aromatic nitrogens is 1. The van der Waals surface area contributed by atoms with Crippen LogP contribution in [0.25, 0.3) is 5.76 Å². The molecule has 0 bridgehead atoms. The van der Waals surface area contributed by atoms with Gasteiger partial charge in [-0.1, -0.05) is 35.9 Å². The van der Waals surface area contributed by atoms with Gasteiger partial charge in [0.25, 0.3) is 5.78 Å². The van der Waals surface area contributed by atoms with E-state index in [-0.39, 0.29) is 11.3 Å². The summed E-state index contributed by atoms with van der Waals surface area (Å²) in [4.78, 5) is 31.8. The number of aliphatic hydroxyl groups excluding tert-OH is 1. The highest BCUT2D eigenvalue weighted by molar-refractivity contribution is 7.14. The number of aliphatic hydroxyl groups is 1. The highest BCUT2D eigenvalue weighted by atomic mass is 32.1. The minimum absolute atomic E-state index is 0.0940. The van der Waals surface area contributed by atoms with Crippen molar-refractivity contribution in [3.05, 3.63) is 74.9 Å². The van der Waals surface area contributed by atoms with Crippen molar-refractivity contribution in [1.82, 2.24) is 4.98 Å². The van der Waals surface area contributed by atoms with E-state index in [0.29, 0.717) is 10.7 Å². The van der Waals surface area contributed by atoms with Crippen molar-refractivity contribution in [2.24, 2.45) is 0 Å². The van der Waals surface area contributed by atoms with Gasteiger partial charge in [0.05, 0.1) is 5.57 Å². The number of ketones is 1. The quantitative estimate of drug-likeness (QED) is 0.420. The van der Waals surface area contributed by atoms with Crippen LogP contribution in [0.5, 0.6) is 0 Å². The van der Waals surface area contributed by atoms with Gasteiger partial charge in [0.1, 0.15) is 11.8 Å². The van der Waals surface area contributed by atoms with E-state index < -0.39 is 17.7 Å². The normalized spacial score (nSPS) is 19.3. The number of carbonyl (C=O) groups is 2. The molecule has 0 spiro atoms. The maximum atomic E-state index is 12.8. The molecular formula is C19H14N2O3S2. The smallest absolute Gasteiger partial charge is 0.301 e. The van der Waals surface area contributed by atoms with Crippen LogP contribution in [0.1, 0.15) is 22.0 Å². The van der Waals surface area contributed by atoms with Gasteiger partial charge in [0, 0.05) is 22.0 Å². The highest BCUT2D eigenvalue weighted by Crippen LogP contribution is 2.43. The van der Waals surface area contributed by atoms with Crippen molar-refractivity contribution in [2.45, 2.75) is 13.0 Å². The summed E-state index contributed by atoms with van der Waals surface area (Å²) in [6.45, 7) is 1.94. The van der Waals surface area contributed by atoms with Gasteiger partial charge in [0.15, 0.2) is 5.13 Å². The number of benzene rings is 1. The van der Waals surface area contributed by atoms with Crippen LogP contribution < -0.4 is 4.90 Å². The number of thiophene rings is 1. The molecular weight excluding hydrogens is 368 g/mol. The summed E-state index contributed by atoms with van der Waals surface area (Å²) in [5.74, 6) is -1.54. The maximum Gasteiger partial charge on any atom is 0.301 e. The van der Waals surface area contributed by atoms with Gasteiger partial charge in [-0.2, -0.15) is 0 Å². The number of thiazole rings is 1. The molecule has 1 saturated heterocycles. The monoisotopic (exact) mass is 382 g/mol. The Kier molecular flexibility index (Phi) is 4.18. The van der Waals surface area contributed by atoms with Crippen LogP contribution in [-0.4, -0.2) is 21.8 Å². The minimum atomic E-state index is -0.698. The predicted octanol–water partition coefficient (Wildman–Crippen LogP) is 4.14. The summed E-state index contributed by atoms with van der Waals surface area (Å²) in [7, 11) is 0. The van der Waals surface area contributed by atoms with E-state index in [1.165, 1.54) is 27.6 Å². The summed E-state index contributed by atoms with van der Waals surface area (Å²) in [5, 5.41) is 14.9. The lowest BCUT2D eigenvalue weighted by atomic mass is 9.99. The molecule has 2 aromatic heterocycles. The SMILES string of the molecule is Cc1ccc(/C(O)=C2\C(=O)C(=O)N(c3nccs3)[C@H]2c2cccs2)cc1. The fourth-order valence-corrected chi connectivity index (χ4v) is 4.44. The molecule has 3 heterocycles. The predicted molar refractivity (Wildman–Crippen MR) is 102 cm³/mol. The van der Waals surface area contributed by atoms with Crippen LogP contribution in [0.4, 0.5) is 5.13 Å². The molecule has 4 rings (SSSR count). The average molecular weight is 382 g/mol. The van der Waals surface area contributed by atoms with Crippen molar-refractivity contribution in [3.8, 4) is 0 Å². The molecule has 26 heavy (non-hydrogen) atoms. The average Bonchev–Trinajstić information content (AvgIpc) is 3.37. The van der Waals surface area contributed by atoms with Gasteiger partial charge in [-0.3, -0.25) is 14.5 Å². The maximum absolute atomic E-state index is 12.8. The Labute approximate surface area is 157 Å². The zero-order valence-electron chi connectivity index (χ0n) is 13.7. The molecule has 1 N–H and O–H groups in total. The molecule has 3 aromatic rings. The molecule has 1 fully saturated rings. The number of aryl methyl sites for hydroxylation is 1. The number of Topliss-reactive ketones (excluding diaryl/α,β-unsaturated/α-hetero) is 1. The number of anilines is 1. The van der Waals surface area contributed by atoms with Crippen molar-refractivity contribution < 1.29 is 14.7 Å². The highest BCUT2D eigenvalue weighted by Gasteiger charge is 2.48. The lowest BCUT2D eigenvalue weighted by Crippen LogP contribution is -2.28. The zero-order valence-corrected chi connectivity index (χ0v) is 15.4. The minimum Gasteiger partial charge on any atom is -0.507 e. The van der Waals surface area contributed by atoms with Gasteiger partial charge in [0.2, 0.25) is 0 Å². The number of carbonyl (C=O) groups excluding carboxylic acids is 2.